The van der Waals surface area contributed by atoms with Crippen molar-refractivity contribution in [3.8, 4) is 0 Å². The highest BCUT2D eigenvalue weighted by molar-refractivity contribution is 5.98. The van der Waals surface area contributed by atoms with Crippen LogP contribution in [0.3, 0.4) is 0 Å². The van der Waals surface area contributed by atoms with Gasteiger partial charge in [0.25, 0.3) is 5.91 Å². The van der Waals surface area contributed by atoms with Crippen LogP contribution in [0.1, 0.15) is 15.9 Å². The van der Waals surface area contributed by atoms with Crippen LogP contribution in [0.2, 0.25) is 0 Å². The number of nitrogens with two attached hydrogens (primary N) is 1. The van der Waals surface area contributed by atoms with Crippen molar-refractivity contribution in [1.82, 2.24) is 15.3 Å². The molecular formula is C16H19N5O2. The summed E-state index contributed by atoms with van der Waals surface area (Å²) in [5.41, 5.74) is 7.24. The maximum Gasteiger partial charge on any atom is 0.256 e. The van der Waals surface area contributed by atoms with E-state index in [-0.39, 0.29) is 17.3 Å². The van der Waals surface area contributed by atoms with Gasteiger partial charge in [0.1, 0.15) is 5.82 Å². The second-order valence-electron chi connectivity index (χ2n) is 5.24. The first-order valence-electron chi connectivity index (χ1n) is 7.51. The molecule has 0 spiro atoms. The molecule has 23 heavy (non-hydrogen) atoms. The lowest BCUT2D eigenvalue weighted by Gasteiger charge is -2.26. The highest BCUT2D eigenvalue weighted by Gasteiger charge is 2.17. The van der Waals surface area contributed by atoms with E-state index in [0.29, 0.717) is 25.7 Å². The van der Waals surface area contributed by atoms with Crippen molar-refractivity contribution in [3.63, 3.8) is 0 Å². The number of nitrogen functional groups attached to an aromatic ring is 1. The predicted molar refractivity (Wildman–Crippen MR) is 87.1 cm³/mol. The van der Waals surface area contributed by atoms with Crippen LogP contribution in [0.5, 0.6) is 0 Å². The number of nitrogens with one attached hydrogen (secondary N) is 1. The number of ether oxygens (including phenoxy) is 1. The van der Waals surface area contributed by atoms with Gasteiger partial charge in [-0.2, -0.15) is 4.98 Å². The molecule has 1 aliphatic heterocycles. The molecule has 2 aromatic rings. The summed E-state index contributed by atoms with van der Waals surface area (Å²) in [4.78, 5) is 22.7. The number of aromatic nitrogens is 2. The minimum atomic E-state index is -0.278. The fourth-order valence-electron chi connectivity index (χ4n) is 2.35. The van der Waals surface area contributed by atoms with E-state index in [9.17, 15) is 4.79 Å². The fraction of sp³-hybridized carbons (Fsp3) is 0.312. The molecule has 1 aliphatic rings. The van der Waals surface area contributed by atoms with Gasteiger partial charge in [-0.15, -0.1) is 0 Å². The second-order valence-corrected chi connectivity index (χ2v) is 5.24. The molecule has 7 nitrogen and oxygen atoms in total. The molecule has 1 aromatic carbocycles. The van der Waals surface area contributed by atoms with Gasteiger partial charge >= 0.3 is 0 Å². The average Bonchev–Trinajstić information content (AvgIpc) is 2.61. The minimum absolute atomic E-state index is 0.187. The zero-order chi connectivity index (χ0) is 16.1. The van der Waals surface area contributed by atoms with Crippen molar-refractivity contribution in [3.05, 3.63) is 47.7 Å². The van der Waals surface area contributed by atoms with Crippen molar-refractivity contribution in [2.24, 2.45) is 0 Å². The quantitative estimate of drug-likeness (QED) is 0.868. The molecule has 0 radical (unpaired) electrons. The number of anilines is 2. The lowest BCUT2D eigenvalue weighted by Crippen LogP contribution is -2.37. The van der Waals surface area contributed by atoms with Crippen LogP contribution >= 0.6 is 0 Å². The molecule has 1 saturated heterocycles. The van der Waals surface area contributed by atoms with Crippen molar-refractivity contribution in [2.75, 3.05) is 36.9 Å². The number of carbonyl (C=O) groups excluding carboxylic acids is 1. The third-order valence-electron chi connectivity index (χ3n) is 3.64. The summed E-state index contributed by atoms with van der Waals surface area (Å²) < 4.78 is 5.29. The Morgan fingerprint density at radius 2 is 2.00 bits per heavy atom. The standard InChI is InChI=1S/C16H19N5O2/c17-14-13(15(22)18-10-12-4-2-1-3-5-12)11-19-16(20-14)21-6-8-23-9-7-21/h1-5,11H,6-10H2,(H,18,22)(H2,17,19,20). The molecule has 3 N–H and O–H groups in total. The Bertz CT molecular complexity index is 671. The first kappa shape index (κ1) is 15.2. The molecule has 1 amide bonds. The van der Waals surface area contributed by atoms with Crippen LogP contribution in [0.4, 0.5) is 11.8 Å². The normalized spacial score (nSPS) is 14.5. The number of morpholine rings is 1. The first-order valence-corrected chi connectivity index (χ1v) is 7.51. The summed E-state index contributed by atoms with van der Waals surface area (Å²) >= 11 is 0. The van der Waals surface area contributed by atoms with Crippen molar-refractivity contribution >= 4 is 17.7 Å². The largest absolute Gasteiger partial charge is 0.383 e. The van der Waals surface area contributed by atoms with Gasteiger partial charge < -0.3 is 20.7 Å². The Hall–Kier alpha value is -2.67. The number of carbonyl (C=O) groups is 1. The van der Waals surface area contributed by atoms with E-state index in [0.717, 1.165) is 18.7 Å². The van der Waals surface area contributed by atoms with E-state index in [2.05, 4.69) is 15.3 Å². The third kappa shape index (κ3) is 3.75. The van der Waals surface area contributed by atoms with Crippen LogP contribution in [0, 0.1) is 0 Å². The summed E-state index contributed by atoms with van der Waals surface area (Å²) in [5.74, 6) is 0.442. The molecule has 3 rings (SSSR count). The molecule has 2 heterocycles. The Labute approximate surface area is 134 Å². The highest BCUT2D eigenvalue weighted by Crippen LogP contribution is 2.15. The molecule has 1 fully saturated rings. The van der Waals surface area contributed by atoms with E-state index in [1.165, 1.54) is 6.20 Å². The van der Waals surface area contributed by atoms with E-state index >= 15 is 0 Å². The predicted octanol–water partition coefficient (Wildman–Crippen LogP) is 0.825. The maximum absolute atomic E-state index is 12.2. The zero-order valence-electron chi connectivity index (χ0n) is 12.7. The summed E-state index contributed by atoms with van der Waals surface area (Å²) in [6, 6.07) is 9.68. The summed E-state index contributed by atoms with van der Waals surface area (Å²) in [6.07, 6.45) is 1.48. The molecule has 120 valence electrons. The number of hydrogen-bond acceptors (Lipinski definition) is 6. The van der Waals surface area contributed by atoms with Gasteiger partial charge in [-0.25, -0.2) is 4.98 Å². The Balaban J connectivity index is 1.66. The lowest BCUT2D eigenvalue weighted by atomic mass is 10.2. The van der Waals surface area contributed by atoms with E-state index in [4.69, 9.17) is 10.5 Å². The van der Waals surface area contributed by atoms with E-state index < -0.39 is 0 Å². The van der Waals surface area contributed by atoms with Crippen LogP contribution in [-0.2, 0) is 11.3 Å². The summed E-state index contributed by atoms with van der Waals surface area (Å²) in [7, 11) is 0. The van der Waals surface area contributed by atoms with Gasteiger partial charge in [-0.3, -0.25) is 4.79 Å². The van der Waals surface area contributed by atoms with Gasteiger partial charge in [0.15, 0.2) is 0 Å². The lowest BCUT2D eigenvalue weighted by molar-refractivity contribution is 0.0951. The van der Waals surface area contributed by atoms with Gasteiger partial charge in [0.05, 0.1) is 18.8 Å². The van der Waals surface area contributed by atoms with Crippen LogP contribution in [-0.4, -0.2) is 42.2 Å². The van der Waals surface area contributed by atoms with Gasteiger partial charge in [0.2, 0.25) is 5.95 Å². The molecule has 7 heteroatoms. The highest BCUT2D eigenvalue weighted by atomic mass is 16.5. The van der Waals surface area contributed by atoms with Crippen LogP contribution in [0.25, 0.3) is 0 Å². The Morgan fingerprint density at radius 1 is 1.26 bits per heavy atom. The third-order valence-corrected chi connectivity index (χ3v) is 3.64. The number of rotatable bonds is 4. The topological polar surface area (TPSA) is 93.4 Å². The van der Waals surface area contributed by atoms with Crippen molar-refractivity contribution < 1.29 is 9.53 Å². The minimum Gasteiger partial charge on any atom is -0.383 e. The monoisotopic (exact) mass is 313 g/mol. The summed E-state index contributed by atoms with van der Waals surface area (Å²) in [6.45, 7) is 3.16. The number of amides is 1. The van der Waals surface area contributed by atoms with E-state index in [1.807, 2.05) is 35.2 Å². The molecule has 0 unspecified atom stereocenters. The van der Waals surface area contributed by atoms with Crippen molar-refractivity contribution in [1.29, 1.82) is 0 Å². The molecule has 0 aliphatic carbocycles. The first-order chi connectivity index (χ1) is 11.2. The van der Waals surface area contributed by atoms with Gasteiger partial charge in [-0.1, -0.05) is 30.3 Å². The molecule has 1 aromatic heterocycles. The molecule has 0 saturated carbocycles. The zero-order valence-corrected chi connectivity index (χ0v) is 12.7. The van der Waals surface area contributed by atoms with E-state index in [1.54, 1.807) is 0 Å². The Morgan fingerprint density at radius 3 is 2.70 bits per heavy atom. The van der Waals surface area contributed by atoms with Crippen LogP contribution < -0.4 is 16.0 Å². The smallest absolute Gasteiger partial charge is 0.256 e. The SMILES string of the molecule is Nc1nc(N2CCOCC2)ncc1C(=O)NCc1ccccc1. The second kappa shape index (κ2) is 7.06. The maximum atomic E-state index is 12.2. The fourth-order valence-corrected chi connectivity index (χ4v) is 2.35. The molecule has 0 atom stereocenters. The number of nitrogens with zero attached hydrogens (tertiary/aromatic N) is 3. The number of hydrogen-bond donors (Lipinski definition) is 2. The number of benzene rings is 1. The van der Waals surface area contributed by atoms with Gasteiger partial charge in [-0.05, 0) is 5.56 Å². The van der Waals surface area contributed by atoms with Crippen LogP contribution in [0.15, 0.2) is 36.5 Å². The molecule has 0 bridgehead atoms. The summed E-state index contributed by atoms with van der Waals surface area (Å²) in [5, 5.41) is 2.82. The molecular weight excluding hydrogens is 294 g/mol. The van der Waals surface area contributed by atoms with Crippen molar-refractivity contribution in [2.45, 2.75) is 6.54 Å². The Kier molecular flexibility index (Phi) is 4.68. The average molecular weight is 313 g/mol. The van der Waals surface area contributed by atoms with Gasteiger partial charge in [0, 0.05) is 25.8 Å².